The molecule has 2 atom stereocenters. The van der Waals surface area contributed by atoms with E-state index in [-0.39, 0.29) is 0 Å². The predicted molar refractivity (Wildman–Crippen MR) is 85.8 cm³/mol. The van der Waals surface area contributed by atoms with E-state index in [9.17, 15) is 0 Å². The lowest BCUT2D eigenvalue weighted by Gasteiger charge is -2.25. The van der Waals surface area contributed by atoms with Crippen LogP contribution < -0.4 is 10.1 Å². The SMILES string of the molecule is CCCNC(c1ccc(OCC)c(Br)c1)C(C)CC. The van der Waals surface area contributed by atoms with Crippen LogP contribution in [-0.2, 0) is 0 Å². The van der Waals surface area contributed by atoms with Gasteiger partial charge in [0.1, 0.15) is 5.75 Å². The molecule has 19 heavy (non-hydrogen) atoms. The lowest BCUT2D eigenvalue weighted by Crippen LogP contribution is -2.27. The lowest BCUT2D eigenvalue weighted by atomic mass is 9.92. The van der Waals surface area contributed by atoms with Crippen molar-refractivity contribution in [2.24, 2.45) is 5.92 Å². The second kappa shape index (κ2) is 8.60. The summed E-state index contributed by atoms with van der Waals surface area (Å²) in [4.78, 5) is 0. The summed E-state index contributed by atoms with van der Waals surface area (Å²) >= 11 is 3.60. The standard InChI is InChI=1S/C16H26BrNO/c1-5-10-18-16(12(4)6-2)13-8-9-15(19-7-3)14(17)11-13/h8-9,11-12,16,18H,5-7,10H2,1-4H3. The van der Waals surface area contributed by atoms with Crippen LogP contribution in [-0.4, -0.2) is 13.2 Å². The number of ether oxygens (including phenoxy) is 1. The predicted octanol–water partition coefficient (Wildman–Crippen LogP) is 4.93. The molecule has 0 spiro atoms. The van der Waals surface area contributed by atoms with E-state index in [1.165, 1.54) is 12.0 Å². The highest BCUT2D eigenvalue weighted by Crippen LogP contribution is 2.31. The Morgan fingerprint density at radius 2 is 2.00 bits per heavy atom. The summed E-state index contributed by atoms with van der Waals surface area (Å²) in [6.45, 7) is 10.5. The fraction of sp³-hybridized carbons (Fsp3) is 0.625. The van der Waals surface area contributed by atoms with E-state index in [1.54, 1.807) is 0 Å². The highest BCUT2D eigenvalue weighted by atomic mass is 79.9. The molecule has 108 valence electrons. The van der Waals surface area contributed by atoms with Gasteiger partial charge in [-0.05, 0) is 59.4 Å². The van der Waals surface area contributed by atoms with Crippen LogP contribution >= 0.6 is 15.9 Å². The lowest BCUT2D eigenvalue weighted by molar-refractivity contribution is 0.337. The van der Waals surface area contributed by atoms with Gasteiger partial charge in [-0.15, -0.1) is 0 Å². The Morgan fingerprint density at radius 1 is 1.26 bits per heavy atom. The van der Waals surface area contributed by atoms with E-state index in [2.05, 4.69) is 60.2 Å². The Morgan fingerprint density at radius 3 is 2.53 bits per heavy atom. The summed E-state index contributed by atoms with van der Waals surface area (Å²) in [7, 11) is 0. The molecule has 0 radical (unpaired) electrons. The van der Waals surface area contributed by atoms with Crippen molar-refractivity contribution in [3.8, 4) is 5.75 Å². The number of hydrogen-bond acceptors (Lipinski definition) is 2. The minimum atomic E-state index is 0.414. The first kappa shape index (κ1) is 16.5. The first-order valence-electron chi connectivity index (χ1n) is 7.29. The van der Waals surface area contributed by atoms with Crippen molar-refractivity contribution < 1.29 is 4.74 Å². The molecule has 0 aliphatic rings. The second-order valence-corrected chi connectivity index (χ2v) is 5.79. The zero-order valence-electron chi connectivity index (χ0n) is 12.5. The Hall–Kier alpha value is -0.540. The number of halogens is 1. The van der Waals surface area contributed by atoms with E-state index in [4.69, 9.17) is 4.74 Å². The molecule has 1 rings (SSSR count). The average molecular weight is 328 g/mol. The summed E-state index contributed by atoms with van der Waals surface area (Å²) < 4.78 is 6.61. The average Bonchev–Trinajstić information content (AvgIpc) is 2.41. The molecule has 0 heterocycles. The van der Waals surface area contributed by atoms with Crippen LogP contribution in [0.15, 0.2) is 22.7 Å². The number of benzene rings is 1. The van der Waals surface area contributed by atoms with Crippen LogP contribution in [0.4, 0.5) is 0 Å². The molecule has 0 aliphatic carbocycles. The van der Waals surface area contributed by atoms with Gasteiger partial charge in [-0.2, -0.15) is 0 Å². The molecule has 0 bridgehead atoms. The largest absolute Gasteiger partial charge is 0.493 e. The Labute approximate surface area is 126 Å². The van der Waals surface area contributed by atoms with E-state index >= 15 is 0 Å². The summed E-state index contributed by atoms with van der Waals surface area (Å²) in [5, 5.41) is 3.65. The van der Waals surface area contributed by atoms with Crippen molar-refractivity contribution in [3.63, 3.8) is 0 Å². The van der Waals surface area contributed by atoms with Gasteiger partial charge < -0.3 is 10.1 Å². The fourth-order valence-corrected chi connectivity index (χ4v) is 2.68. The van der Waals surface area contributed by atoms with Gasteiger partial charge in [0.25, 0.3) is 0 Å². The highest BCUT2D eigenvalue weighted by Gasteiger charge is 2.18. The smallest absolute Gasteiger partial charge is 0.133 e. The topological polar surface area (TPSA) is 21.3 Å². The van der Waals surface area contributed by atoms with E-state index in [0.717, 1.165) is 23.2 Å². The fourth-order valence-electron chi connectivity index (χ4n) is 2.17. The van der Waals surface area contributed by atoms with Crippen LogP contribution in [0.2, 0.25) is 0 Å². The zero-order chi connectivity index (χ0) is 14.3. The quantitative estimate of drug-likeness (QED) is 0.730. The molecule has 2 nitrogen and oxygen atoms in total. The number of nitrogens with one attached hydrogen (secondary N) is 1. The van der Waals surface area contributed by atoms with Crippen molar-refractivity contribution in [3.05, 3.63) is 28.2 Å². The van der Waals surface area contributed by atoms with E-state index in [1.807, 2.05) is 6.92 Å². The zero-order valence-corrected chi connectivity index (χ0v) is 14.1. The van der Waals surface area contributed by atoms with Crippen LogP contribution in [0, 0.1) is 5.92 Å². The molecule has 0 aromatic heterocycles. The second-order valence-electron chi connectivity index (χ2n) is 4.94. The van der Waals surface area contributed by atoms with Gasteiger partial charge in [-0.1, -0.05) is 33.3 Å². The molecule has 0 fully saturated rings. The van der Waals surface area contributed by atoms with E-state index in [0.29, 0.717) is 18.6 Å². The molecular weight excluding hydrogens is 302 g/mol. The maximum Gasteiger partial charge on any atom is 0.133 e. The minimum absolute atomic E-state index is 0.414. The van der Waals surface area contributed by atoms with Crippen molar-refractivity contribution in [2.45, 2.75) is 46.6 Å². The molecule has 1 N–H and O–H groups in total. The van der Waals surface area contributed by atoms with Gasteiger partial charge in [0.05, 0.1) is 11.1 Å². The third-order valence-corrected chi connectivity index (χ3v) is 4.06. The molecular formula is C16H26BrNO. The molecule has 3 heteroatoms. The Bertz CT molecular complexity index is 381. The third-order valence-electron chi connectivity index (χ3n) is 3.44. The van der Waals surface area contributed by atoms with Crippen LogP contribution in [0.5, 0.6) is 5.75 Å². The molecule has 0 aliphatic heterocycles. The maximum absolute atomic E-state index is 5.57. The van der Waals surface area contributed by atoms with Gasteiger partial charge in [-0.25, -0.2) is 0 Å². The number of rotatable bonds is 8. The normalized spacial score (nSPS) is 14.2. The maximum atomic E-state index is 5.57. The van der Waals surface area contributed by atoms with Gasteiger partial charge in [0.2, 0.25) is 0 Å². The Balaban J connectivity index is 2.92. The highest BCUT2D eigenvalue weighted by molar-refractivity contribution is 9.10. The van der Waals surface area contributed by atoms with Gasteiger partial charge in [-0.3, -0.25) is 0 Å². The van der Waals surface area contributed by atoms with Gasteiger partial charge in [0.15, 0.2) is 0 Å². The summed E-state index contributed by atoms with van der Waals surface area (Å²) in [6, 6.07) is 6.84. The molecule has 0 saturated carbocycles. The molecule has 0 amide bonds. The third kappa shape index (κ3) is 4.81. The van der Waals surface area contributed by atoms with Crippen molar-refractivity contribution >= 4 is 15.9 Å². The van der Waals surface area contributed by atoms with Gasteiger partial charge >= 0.3 is 0 Å². The van der Waals surface area contributed by atoms with Crippen molar-refractivity contribution in [1.29, 1.82) is 0 Å². The Kier molecular flexibility index (Phi) is 7.47. The minimum Gasteiger partial charge on any atom is -0.493 e. The molecule has 0 saturated heterocycles. The van der Waals surface area contributed by atoms with E-state index < -0.39 is 0 Å². The van der Waals surface area contributed by atoms with Crippen LogP contribution in [0.1, 0.15) is 52.1 Å². The van der Waals surface area contributed by atoms with Crippen LogP contribution in [0.3, 0.4) is 0 Å². The van der Waals surface area contributed by atoms with Gasteiger partial charge in [0, 0.05) is 6.04 Å². The van der Waals surface area contributed by atoms with Crippen molar-refractivity contribution in [1.82, 2.24) is 5.32 Å². The monoisotopic (exact) mass is 327 g/mol. The molecule has 1 aromatic rings. The molecule has 2 unspecified atom stereocenters. The summed E-state index contributed by atoms with van der Waals surface area (Å²) in [5.74, 6) is 1.54. The first-order valence-corrected chi connectivity index (χ1v) is 8.08. The summed E-state index contributed by atoms with van der Waals surface area (Å²) in [5.41, 5.74) is 1.33. The molecule has 1 aromatic carbocycles. The summed E-state index contributed by atoms with van der Waals surface area (Å²) in [6.07, 6.45) is 2.33. The first-order chi connectivity index (χ1) is 9.13. The van der Waals surface area contributed by atoms with Crippen LogP contribution in [0.25, 0.3) is 0 Å². The number of hydrogen-bond donors (Lipinski definition) is 1. The van der Waals surface area contributed by atoms with Crippen molar-refractivity contribution in [2.75, 3.05) is 13.2 Å².